The third-order valence-corrected chi connectivity index (χ3v) is 5.11. The minimum Gasteiger partial charge on any atom is -0.497 e. The lowest BCUT2D eigenvalue weighted by molar-refractivity contribution is 0.413. The Kier molecular flexibility index (Phi) is 4.80. The molecule has 0 aliphatic rings. The third kappa shape index (κ3) is 2.78. The molecule has 2 rings (SSSR count). The number of methoxy groups -OCH3 is 1. The minimum absolute atomic E-state index is 0.0879. The molecule has 0 spiro atoms. The van der Waals surface area contributed by atoms with Gasteiger partial charge in [0.15, 0.2) is 0 Å². The number of benzene rings is 1. The molecule has 6 heteroatoms. The molecule has 1 atom stereocenters. The Balaban J connectivity index is 2.48. The van der Waals surface area contributed by atoms with Crippen LogP contribution in [0.25, 0.3) is 0 Å². The molecule has 3 N–H and O–H groups in total. The third-order valence-electron chi connectivity index (χ3n) is 2.63. The van der Waals surface area contributed by atoms with Gasteiger partial charge in [0, 0.05) is 14.3 Å². The highest BCUT2D eigenvalue weighted by Gasteiger charge is 2.19. The van der Waals surface area contributed by atoms with Crippen molar-refractivity contribution in [3.8, 4) is 5.75 Å². The summed E-state index contributed by atoms with van der Waals surface area (Å²) >= 11 is 8.71. The van der Waals surface area contributed by atoms with Crippen molar-refractivity contribution in [1.82, 2.24) is 5.43 Å². The Hall–Kier alpha value is -0.400. The van der Waals surface area contributed by atoms with E-state index in [1.807, 2.05) is 23.6 Å². The average molecular weight is 392 g/mol. The summed E-state index contributed by atoms with van der Waals surface area (Å²) in [5.74, 6) is 6.50. The Labute approximate surface area is 127 Å². The SMILES string of the molecule is COc1ccc(Br)c(C(NN)c2cscc2Br)c1. The molecule has 0 saturated heterocycles. The fourth-order valence-corrected chi connectivity index (χ4v) is 3.74. The van der Waals surface area contributed by atoms with Crippen LogP contribution in [0.2, 0.25) is 0 Å². The highest BCUT2D eigenvalue weighted by Crippen LogP contribution is 2.35. The Morgan fingerprint density at radius 1 is 1.22 bits per heavy atom. The Morgan fingerprint density at radius 3 is 2.56 bits per heavy atom. The number of hydrogen-bond donors (Lipinski definition) is 2. The van der Waals surface area contributed by atoms with E-state index in [1.54, 1.807) is 18.4 Å². The lowest BCUT2D eigenvalue weighted by Crippen LogP contribution is -2.29. The molecular formula is C12H12Br2N2OS. The summed E-state index contributed by atoms with van der Waals surface area (Å²) in [4.78, 5) is 0. The standard InChI is InChI=1S/C12H12Br2N2OS/c1-17-7-2-3-10(13)8(4-7)12(16-15)9-5-18-6-11(9)14/h2-6,12,16H,15H2,1H3. The van der Waals surface area contributed by atoms with E-state index in [4.69, 9.17) is 10.6 Å². The second-order valence-corrected chi connectivity index (χ2v) is 6.11. The number of nitrogens with one attached hydrogen (secondary N) is 1. The van der Waals surface area contributed by atoms with E-state index < -0.39 is 0 Å². The van der Waals surface area contributed by atoms with Crippen LogP contribution in [0, 0.1) is 0 Å². The summed E-state index contributed by atoms with van der Waals surface area (Å²) in [5.41, 5.74) is 4.99. The number of nitrogens with two attached hydrogens (primary N) is 1. The van der Waals surface area contributed by atoms with E-state index in [1.165, 1.54) is 0 Å². The maximum atomic E-state index is 5.70. The predicted octanol–water partition coefficient (Wildman–Crippen LogP) is 3.83. The van der Waals surface area contributed by atoms with Crippen LogP contribution in [0.5, 0.6) is 5.75 Å². The van der Waals surface area contributed by atoms with Crippen LogP contribution in [0.1, 0.15) is 17.2 Å². The molecule has 0 amide bonds. The summed E-state index contributed by atoms with van der Waals surface area (Å²) in [7, 11) is 1.65. The van der Waals surface area contributed by atoms with Crippen LogP contribution in [-0.4, -0.2) is 7.11 Å². The normalized spacial score (nSPS) is 12.4. The van der Waals surface area contributed by atoms with E-state index in [0.717, 1.165) is 25.8 Å². The molecule has 18 heavy (non-hydrogen) atoms. The summed E-state index contributed by atoms with van der Waals surface area (Å²) in [5, 5.41) is 4.11. The summed E-state index contributed by atoms with van der Waals surface area (Å²) in [6.45, 7) is 0. The molecule has 96 valence electrons. The van der Waals surface area contributed by atoms with E-state index in [0.29, 0.717) is 0 Å². The van der Waals surface area contributed by atoms with Crippen LogP contribution in [-0.2, 0) is 0 Å². The van der Waals surface area contributed by atoms with Crippen LogP contribution in [0.15, 0.2) is 37.9 Å². The van der Waals surface area contributed by atoms with Crippen LogP contribution < -0.4 is 16.0 Å². The first-order valence-electron chi connectivity index (χ1n) is 5.18. The first-order valence-corrected chi connectivity index (χ1v) is 7.71. The van der Waals surface area contributed by atoms with E-state index in [9.17, 15) is 0 Å². The minimum atomic E-state index is -0.0879. The van der Waals surface area contributed by atoms with Crippen molar-refractivity contribution in [3.63, 3.8) is 0 Å². The number of hydrazine groups is 1. The maximum absolute atomic E-state index is 5.70. The molecule has 3 nitrogen and oxygen atoms in total. The monoisotopic (exact) mass is 390 g/mol. The van der Waals surface area contributed by atoms with Crippen LogP contribution in [0.4, 0.5) is 0 Å². The van der Waals surface area contributed by atoms with E-state index >= 15 is 0 Å². The zero-order chi connectivity index (χ0) is 13.1. The first-order chi connectivity index (χ1) is 8.67. The van der Waals surface area contributed by atoms with Gasteiger partial charge in [-0.15, -0.1) is 0 Å². The van der Waals surface area contributed by atoms with E-state index in [-0.39, 0.29) is 6.04 Å². The fourth-order valence-electron chi connectivity index (χ4n) is 1.71. The molecule has 0 saturated carbocycles. The maximum Gasteiger partial charge on any atom is 0.119 e. The lowest BCUT2D eigenvalue weighted by Gasteiger charge is -2.18. The van der Waals surface area contributed by atoms with Crippen molar-refractivity contribution in [2.45, 2.75) is 6.04 Å². The van der Waals surface area contributed by atoms with Crippen molar-refractivity contribution in [2.24, 2.45) is 5.84 Å². The molecule has 0 aliphatic heterocycles. The van der Waals surface area contributed by atoms with Crippen molar-refractivity contribution in [1.29, 1.82) is 0 Å². The summed E-state index contributed by atoms with van der Waals surface area (Å²) in [6.07, 6.45) is 0. The highest BCUT2D eigenvalue weighted by molar-refractivity contribution is 9.10. The molecule has 1 unspecified atom stereocenters. The largest absolute Gasteiger partial charge is 0.497 e. The molecular weight excluding hydrogens is 380 g/mol. The topological polar surface area (TPSA) is 47.3 Å². The van der Waals surface area contributed by atoms with Gasteiger partial charge in [-0.25, -0.2) is 5.43 Å². The molecule has 0 aliphatic carbocycles. The smallest absolute Gasteiger partial charge is 0.119 e. The molecule has 2 aromatic rings. The van der Waals surface area contributed by atoms with Gasteiger partial charge in [0.1, 0.15) is 5.75 Å². The van der Waals surface area contributed by atoms with E-state index in [2.05, 4.69) is 42.7 Å². The zero-order valence-corrected chi connectivity index (χ0v) is 13.6. The van der Waals surface area contributed by atoms with Gasteiger partial charge in [0.05, 0.1) is 13.2 Å². The number of hydrogen-bond acceptors (Lipinski definition) is 4. The van der Waals surface area contributed by atoms with Gasteiger partial charge in [-0.2, -0.15) is 11.3 Å². The van der Waals surface area contributed by atoms with Gasteiger partial charge >= 0.3 is 0 Å². The van der Waals surface area contributed by atoms with Crippen molar-refractivity contribution in [2.75, 3.05) is 7.11 Å². The number of rotatable bonds is 4. The van der Waals surface area contributed by atoms with Gasteiger partial charge in [-0.1, -0.05) is 15.9 Å². The Morgan fingerprint density at radius 2 is 2.00 bits per heavy atom. The fraction of sp³-hybridized carbons (Fsp3) is 0.167. The lowest BCUT2D eigenvalue weighted by atomic mass is 10.0. The molecule has 0 radical (unpaired) electrons. The van der Waals surface area contributed by atoms with Gasteiger partial charge in [0.2, 0.25) is 0 Å². The van der Waals surface area contributed by atoms with Gasteiger partial charge in [-0.05, 0) is 50.6 Å². The number of halogens is 2. The molecule has 0 bridgehead atoms. The van der Waals surface area contributed by atoms with Crippen molar-refractivity contribution < 1.29 is 4.74 Å². The van der Waals surface area contributed by atoms with Crippen LogP contribution >= 0.6 is 43.2 Å². The highest BCUT2D eigenvalue weighted by atomic mass is 79.9. The van der Waals surface area contributed by atoms with Gasteiger partial charge in [-0.3, -0.25) is 5.84 Å². The summed E-state index contributed by atoms with van der Waals surface area (Å²) < 4.78 is 7.29. The van der Waals surface area contributed by atoms with Crippen LogP contribution in [0.3, 0.4) is 0 Å². The number of thiophene rings is 1. The van der Waals surface area contributed by atoms with Gasteiger partial charge < -0.3 is 4.74 Å². The molecule has 1 aromatic heterocycles. The van der Waals surface area contributed by atoms with Crippen molar-refractivity contribution >= 4 is 43.2 Å². The molecule has 1 aromatic carbocycles. The second-order valence-electron chi connectivity index (χ2n) is 3.66. The predicted molar refractivity (Wildman–Crippen MR) is 81.9 cm³/mol. The number of ether oxygens (including phenoxy) is 1. The second kappa shape index (κ2) is 6.16. The molecule has 1 heterocycles. The Bertz CT molecular complexity index is 545. The first kappa shape index (κ1) is 14.0. The zero-order valence-electron chi connectivity index (χ0n) is 9.61. The average Bonchev–Trinajstić information content (AvgIpc) is 2.79. The van der Waals surface area contributed by atoms with Crippen molar-refractivity contribution in [3.05, 3.63) is 49.0 Å². The quantitative estimate of drug-likeness (QED) is 0.614. The van der Waals surface area contributed by atoms with Gasteiger partial charge in [0.25, 0.3) is 0 Å². The summed E-state index contributed by atoms with van der Waals surface area (Å²) in [6, 6.07) is 5.75. The molecule has 0 fully saturated rings.